The molecule has 0 radical (unpaired) electrons. The molecule has 0 aliphatic carbocycles. The van der Waals surface area contributed by atoms with Crippen LogP contribution in [0.25, 0.3) is 0 Å². The van der Waals surface area contributed by atoms with Gasteiger partial charge in [-0.15, -0.1) is 24.8 Å². The molecular formula is C12H20Cl2N2O2. The third-order valence-corrected chi connectivity index (χ3v) is 2.83. The Balaban J connectivity index is 0.00000144. The minimum Gasteiger partial charge on any atom is -0.481 e. The summed E-state index contributed by atoms with van der Waals surface area (Å²) in [6.45, 7) is 2.95. The Bertz CT molecular complexity index is 334. The van der Waals surface area contributed by atoms with E-state index in [0.717, 1.165) is 19.7 Å². The molecule has 2 heterocycles. The smallest absolute Gasteiger partial charge is 0.216 e. The molecule has 0 atom stereocenters. The molecule has 0 spiro atoms. The van der Waals surface area contributed by atoms with Gasteiger partial charge in [-0.3, -0.25) is 0 Å². The molecule has 0 bridgehead atoms. The fourth-order valence-corrected chi connectivity index (χ4v) is 1.84. The van der Waals surface area contributed by atoms with Gasteiger partial charge in [0.15, 0.2) is 0 Å². The van der Waals surface area contributed by atoms with Gasteiger partial charge in [-0.1, -0.05) is 6.07 Å². The molecule has 1 aliphatic heterocycles. The van der Waals surface area contributed by atoms with Crippen LogP contribution >= 0.6 is 24.8 Å². The van der Waals surface area contributed by atoms with Crippen molar-refractivity contribution in [1.82, 2.24) is 10.3 Å². The van der Waals surface area contributed by atoms with Crippen molar-refractivity contribution in [2.24, 2.45) is 5.92 Å². The molecular weight excluding hydrogens is 275 g/mol. The molecule has 0 amide bonds. The van der Waals surface area contributed by atoms with Gasteiger partial charge in [0.05, 0.1) is 13.7 Å². The number of pyridine rings is 1. The van der Waals surface area contributed by atoms with Crippen molar-refractivity contribution in [2.45, 2.75) is 12.8 Å². The fraction of sp³-hybridized carbons (Fsp3) is 0.583. The number of piperidine rings is 1. The predicted molar refractivity (Wildman–Crippen MR) is 76.4 cm³/mol. The van der Waals surface area contributed by atoms with E-state index in [2.05, 4.69) is 10.3 Å². The highest BCUT2D eigenvalue weighted by atomic mass is 35.5. The Hall–Kier alpha value is -0.710. The van der Waals surface area contributed by atoms with Gasteiger partial charge in [0.2, 0.25) is 11.8 Å². The van der Waals surface area contributed by atoms with Gasteiger partial charge in [0, 0.05) is 12.1 Å². The maximum Gasteiger partial charge on any atom is 0.216 e. The van der Waals surface area contributed by atoms with Crippen LogP contribution in [-0.4, -0.2) is 31.8 Å². The number of ether oxygens (including phenoxy) is 2. The lowest BCUT2D eigenvalue weighted by molar-refractivity contribution is 0.207. The molecule has 6 heteroatoms. The van der Waals surface area contributed by atoms with Crippen LogP contribution in [0.1, 0.15) is 12.8 Å². The van der Waals surface area contributed by atoms with E-state index in [4.69, 9.17) is 9.47 Å². The van der Waals surface area contributed by atoms with E-state index < -0.39 is 0 Å². The zero-order chi connectivity index (χ0) is 11.2. The van der Waals surface area contributed by atoms with Gasteiger partial charge in [-0.05, 0) is 31.8 Å². The second kappa shape index (κ2) is 9.25. The summed E-state index contributed by atoms with van der Waals surface area (Å²) >= 11 is 0. The molecule has 1 aromatic heterocycles. The minimum atomic E-state index is 0. The lowest BCUT2D eigenvalue weighted by atomic mass is 9.99. The standard InChI is InChI=1S/C12H18N2O2.2ClH/c1-15-11-3-2-4-12(14-11)16-9-10-5-7-13-8-6-10;;/h2-4,10,13H,5-9H2,1H3;2*1H. The van der Waals surface area contributed by atoms with Crippen molar-refractivity contribution in [3.63, 3.8) is 0 Å². The third kappa shape index (κ3) is 5.29. The Kier molecular flexibility index (Phi) is 8.89. The van der Waals surface area contributed by atoms with Crippen molar-refractivity contribution < 1.29 is 9.47 Å². The van der Waals surface area contributed by atoms with Crippen LogP contribution in [-0.2, 0) is 0 Å². The summed E-state index contributed by atoms with van der Waals surface area (Å²) in [6, 6.07) is 5.57. The van der Waals surface area contributed by atoms with Crippen LogP contribution in [0.15, 0.2) is 18.2 Å². The Morgan fingerprint density at radius 3 is 2.56 bits per heavy atom. The zero-order valence-electron chi connectivity index (χ0n) is 10.4. The zero-order valence-corrected chi connectivity index (χ0v) is 12.1. The van der Waals surface area contributed by atoms with Crippen molar-refractivity contribution >= 4 is 24.8 Å². The van der Waals surface area contributed by atoms with Crippen LogP contribution in [0, 0.1) is 5.92 Å². The third-order valence-electron chi connectivity index (χ3n) is 2.83. The van der Waals surface area contributed by atoms with Gasteiger partial charge < -0.3 is 14.8 Å². The minimum absolute atomic E-state index is 0. The Morgan fingerprint density at radius 2 is 1.89 bits per heavy atom. The number of hydrogen-bond acceptors (Lipinski definition) is 4. The van der Waals surface area contributed by atoms with Crippen LogP contribution < -0.4 is 14.8 Å². The van der Waals surface area contributed by atoms with Gasteiger partial charge in [-0.2, -0.15) is 4.98 Å². The average Bonchev–Trinajstić information content (AvgIpc) is 2.38. The number of hydrogen-bond donors (Lipinski definition) is 1. The topological polar surface area (TPSA) is 43.4 Å². The van der Waals surface area contributed by atoms with Crippen molar-refractivity contribution in [1.29, 1.82) is 0 Å². The monoisotopic (exact) mass is 294 g/mol. The number of halogens is 2. The van der Waals surface area contributed by atoms with Crippen LogP contribution in [0.3, 0.4) is 0 Å². The molecule has 1 aromatic rings. The molecule has 1 fully saturated rings. The lowest BCUT2D eigenvalue weighted by Gasteiger charge is -2.22. The molecule has 0 aromatic carbocycles. The van der Waals surface area contributed by atoms with Gasteiger partial charge >= 0.3 is 0 Å². The normalized spacial score (nSPS) is 15.2. The quantitative estimate of drug-likeness (QED) is 0.925. The van der Waals surface area contributed by atoms with E-state index in [-0.39, 0.29) is 24.8 Å². The van der Waals surface area contributed by atoms with E-state index in [9.17, 15) is 0 Å². The molecule has 2 rings (SSSR count). The van der Waals surface area contributed by atoms with Gasteiger partial charge in [0.1, 0.15) is 0 Å². The number of rotatable bonds is 4. The second-order valence-corrected chi connectivity index (χ2v) is 4.02. The van der Waals surface area contributed by atoms with E-state index in [1.807, 2.05) is 18.2 Å². The van der Waals surface area contributed by atoms with E-state index in [1.165, 1.54) is 12.8 Å². The first-order chi connectivity index (χ1) is 7.88. The predicted octanol–water partition coefficient (Wildman–Crippen LogP) is 2.31. The summed E-state index contributed by atoms with van der Waals surface area (Å²) in [6.07, 6.45) is 2.37. The molecule has 104 valence electrons. The summed E-state index contributed by atoms with van der Waals surface area (Å²) in [4.78, 5) is 4.22. The molecule has 18 heavy (non-hydrogen) atoms. The van der Waals surface area contributed by atoms with E-state index in [1.54, 1.807) is 7.11 Å². The van der Waals surface area contributed by atoms with Crippen molar-refractivity contribution in [3.05, 3.63) is 18.2 Å². The number of methoxy groups -OCH3 is 1. The summed E-state index contributed by atoms with van der Waals surface area (Å²) in [5.74, 6) is 1.90. The maximum absolute atomic E-state index is 5.67. The first kappa shape index (κ1) is 17.3. The average molecular weight is 295 g/mol. The summed E-state index contributed by atoms with van der Waals surface area (Å²) in [5.41, 5.74) is 0. The van der Waals surface area contributed by atoms with Gasteiger partial charge in [0.25, 0.3) is 0 Å². The molecule has 4 nitrogen and oxygen atoms in total. The van der Waals surface area contributed by atoms with Crippen LogP contribution in [0.4, 0.5) is 0 Å². The van der Waals surface area contributed by atoms with Crippen LogP contribution in [0.2, 0.25) is 0 Å². The summed E-state index contributed by atoms with van der Waals surface area (Å²) in [7, 11) is 1.61. The van der Waals surface area contributed by atoms with Crippen LogP contribution in [0.5, 0.6) is 11.8 Å². The Morgan fingerprint density at radius 1 is 1.22 bits per heavy atom. The molecule has 1 aliphatic rings. The Labute approximate surface area is 120 Å². The van der Waals surface area contributed by atoms with Gasteiger partial charge in [-0.25, -0.2) is 0 Å². The second-order valence-electron chi connectivity index (χ2n) is 4.02. The number of nitrogens with one attached hydrogen (secondary N) is 1. The summed E-state index contributed by atoms with van der Waals surface area (Å²) in [5, 5.41) is 3.34. The van der Waals surface area contributed by atoms with E-state index >= 15 is 0 Å². The highest BCUT2D eigenvalue weighted by Crippen LogP contribution is 2.16. The maximum atomic E-state index is 5.67. The van der Waals surface area contributed by atoms with Crippen molar-refractivity contribution in [3.8, 4) is 11.8 Å². The number of nitrogens with zero attached hydrogens (tertiary/aromatic N) is 1. The fourth-order valence-electron chi connectivity index (χ4n) is 1.84. The molecule has 1 saturated heterocycles. The molecule has 1 N–H and O–H groups in total. The number of aromatic nitrogens is 1. The summed E-state index contributed by atoms with van der Waals surface area (Å²) < 4.78 is 10.7. The SMILES string of the molecule is COc1cccc(OCC2CCNCC2)n1.Cl.Cl. The molecule has 0 unspecified atom stereocenters. The lowest BCUT2D eigenvalue weighted by Crippen LogP contribution is -2.30. The molecule has 0 saturated carbocycles. The highest BCUT2D eigenvalue weighted by Gasteiger charge is 2.13. The largest absolute Gasteiger partial charge is 0.481 e. The van der Waals surface area contributed by atoms with Crippen molar-refractivity contribution in [2.75, 3.05) is 26.8 Å². The van der Waals surface area contributed by atoms with E-state index in [0.29, 0.717) is 17.7 Å². The highest BCUT2D eigenvalue weighted by molar-refractivity contribution is 5.85. The first-order valence-corrected chi connectivity index (χ1v) is 5.73. The first-order valence-electron chi connectivity index (χ1n) is 5.73.